The molecule has 0 aromatic rings. The highest BCUT2D eigenvalue weighted by Crippen LogP contribution is 2.11. The molecule has 1 nitrogen and oxygen atoms in total. The zero-order valence-corrected chi connectivity index (χ0v) is 7.78. The summed E-state index contributed by atoms with van der Waals surface area (Å²) in [6.07, 6.45) is 0. The maximum atomic E-state index is 6.03. The van der Waals surface area contributed by atoms with E-state index in [-0.39, 0.29) is 8.41 Å². The molecule has 0 rings (SSSR count). The number of rotatable bonds is 3. The van der Waals surface area contributed by atoms with Crippen molar-refractivity contribution in [3.8, 4) is 0 Å². The molecule has 0 aromatic carbocycles. The SMILES string of the molecule is CC[Si](N)(CC)CC.[B]. The highest BCUT2D eigenvalue weighted by Gasteiger charge is 2.19. The molecule has 0 aliphatic heterocycles. The number of hydrogen-bond acceptors (Lipinski definition) is 1. The van der Waals surface area contributed by atoms with Crippen LogP contribution in [0.3, 0.4) is 0 Å². The van der Waals surface area contributed by atoms with Crippen molar-refractivity contribution in [1.82, 2.24) is 0 Å². The molecule has 0 heterocycles. The van der Waals surface area contributed by atoms with Crippen LogP contribution in [0.4, 0.5) is 0 Å². The summed E-state index contributed by atoms with van der Waals surface area (Å²) in [6, 6.07) is 3.71. The average Bonchev–Trinajstić information content (AvgIpc) is 1.87. The lowest BCUT2D eigenvalue weighted by Crippen LogP contribution is -2.42. The average molecular weight is 142 g/mol. The van der Waals surface area contributed by atoms with E-state index in [1.165, 1.54) is 18.1 Å². The van der Waals surface area contributed by atoms with Gasteiger partial charge in [-0.2, -0.15) is 0 Å². The summed E-state index contributed by atoms with van der Waals surface area (Å²) >= 11 is 0. The van der Waals surface area contributed by atoms with Gasteiger partial charge in [-0.15, -0.1) is 0 Å². The van der Waals surface area contributed by atoms with Gasteiger partial charge < -0.3 is 5.40 Å². The monoisotopic (exact) mass is 142 g/mol. The predicted molar refractivity (Wildman–Crippen MR) is 47.1 cm³/mol. The van der Waals surface area contributed by atoms with Gasteiger partial charge in [-0.05, 0) is 18.1 Å². The van der Waals surface area contributed by atoms with E-state index in [0.29, 0.717) is 0 Å². The molecule has 0 saturated carbocycles. The molecule has 0 fully saturated rings. The quantitative estimate of drug-likeness (QED) is 0.594. The smallest absolute Gasteiger partial charge is 0.122 e. The normalized spacial score (nSPS) is 10.7. The largest absolute Gasteiger partial charge is 0.351 e. The predicted octanol–water partition coefficient (Wildman–Crippen LogP) is 1.57. The molecule has 2 N–H and O–H groups in total. The van der Waals surface area contributed by atoms with Gasteiger partial charge in [0, 0.05) is 8.41 Å². The van der Waals surface area contributed by atoms with Crippen LogP contribution in [0, 0.1) is 0 Å². The Balaban J connectivity index is 0. The second-order valence-electron chi connectivity index (χ2n) is 2.42. The zero-order valence-electron chi connectivity index (χ0n) is 6.78. The van der Waals surface area contributed by atoms with Gasteiger partial charge >= 0.3 is 0 Å². The molecule has 3 radical (unpaired) electrons. The van der Waals surface area contributed by atoms with Crippen molar-refractivity contribution in [2.75, 3.05) is 0 Å². The maximum Gasteiger partial charge on any atom is 0.122 e. The van der Waals surface area contributed by atoms with E-state index in [0.717, 1.165) is 0 Å². The summed E-state index contributed by atoms with van der Waals surface area (Å²) < 4.78 is 0. The lowest BCUT2D eigenvalue weighted by Gasteiger charge is -2.20. The van der Waals surface area contributed by atoms with Crippen LogP contribution in [0.5, 0.6) is 0 Å². The van der Waals surface area contributed by atoms with E-state index in [4.69, 9.17) is 5.40 Å². The van der Waals surface area contributed by atoms with Crippen LogP contribution < -0.4 is 5.40 Å². The topological polar surface area (TPSA) is 26.0 Å². The van der Waals surface area contributed by atoms with Crippen LogP contribution in [0.15, 0.2) is 0 Å². The van der Waals surface area contributed by atoms with E-state index in [9.17, 15) is 0 Å². The van der Waals surface area contributed by atoms with Crippen molar-refractivity contribution < 1.29 is 0 Å². The van der Waals surface area contributed by atoms with Crippen LogP contribution in [-0.2, 0) is 0 Å². The van der Waals surface area contributed by atoms with Crippen LogP contribution in [-0.4, -0.2) is 16.6 Å². The van der Waals surface area contributed by atoms with Crippen molar-refractivity contribution in [3.63, 3.8) is 0 Å². The minimum Gasteiger partial charge on any atom is -0.351 e. The fourth-order valence-corrected chi connectivity index (χ4v) is 2.25. The van der Waals surface area contributed by atoms with Crippen molar-refractivity contribution >= 4 is 16.6 Å². The van der Waals surface area contributed by atoms with E-state index in [1.807, 2.05) is 0 Å². The fourth-order valence-electron chi connectivity index (χ4n) is 0.750. The lowest BCUT2D eigenvalue weighted by molar-refractivity contribution is 1.15. The molecular weight excluding hydrogens is 125 g/mol. The van der Waals surface area contributed by atoms with Crippen molar-refractivity contribution in [1.29, 1.82) is 0 Å². The summed E-state index contributed by atoms with van der Waals surface area (Å²) in [4.78, 5) is 0. The minimum absolute atomic E-state index is 0. The molecule has 0 unspecified atom stereocenters. The molecule has 9 heavy (non-hydrogen) atoms. The van der Waals surface area contributed by atoms with Gasteiger partial charge in [0.25, 0.3) is 0 Å². The Hall–Kier alpha value is 0.242. The van der Waals surface area contributed by atoms with Crippen LogP contribution >= 0.6 is 0 Å². The molecule has 0 aliphatic carbocycles. The van der Waals surface area contributed by atoms with E-state index in [2.05, 4.69) is 20.8 Å². The summed E-state index contributed by atoms with van der Waals surface area (Å²) in [6.45, 7) is 6.62. The third kappa shape index (κ3) is 3.76. The Labute approximate surface area is 61.7 Å². The molecule has 0 aromatic heterocycles. The van der Waals surface area contributed by atoms with Gasteiger partial charge in [0.15, 0.2) is 0 Å². The summed E-state index contributed by atoms with van der Waals surface area (Å²) in [5, 5.41) is 6.03. The van der Waals surface area contributed by atoms with Crippen molar-refractivity contribution in [3.05, 3.63) is 0 Å². The second-order valence-corrected chi connectivity index (χ2v) is 7.27. The minimum atomic E-state index is -1.17. The first-order chi connectivity index (χ1) is 3.68. The fraction of sp³-hybridized carbons (Fsp3) is 1.00. The summed E-state index contributed by atoms with van der Waals surface area (Å²) in [7, 11) is -1.17. The molecule has 0 bridgehead atoms. The van der Waals surface area contributed by atoms with E-state index >= 15 is 0 Å². The standard InChI is InChI=1S/C6H17NSi.B/c1-4-8(7,5-2)6-3;/h4-7H2,1-3H3;. The van der Waals surface area contributed by atoms with Crippen molar-refractivity contribution in [2.24, 2.45) is 5.40 Å². The first-order valence-electron chi connectivity index (χ1n) is 3.47. The molecule has 0 spiro atoms. The molecule has 0 saturated heterocycles. The second kappa shape index (κ2) is 5.06. The molecular formula is C6H17BNSi. The maximum absolute atomic E-state index is 6.03. The number of hydrogen-bond donors (Lipinski definition) is 1. The molecule has 3 heteroatoms. The highest BCUT2D eigenvalue weighted by molar-refractivity contribution is 6.76. The first kappa shape index (κ1) is 12.0. The summed E-state index contributed by atoms with van der Waals surface area (Å²) in [5.41, 5.74) is 0. The third-order valence-corrected chi connectivity index (χ3v) is 6.34. The Kier molecular flexibility index (Phi) is 6.73. The first-order valence-corrected chi connectivity index (χ1v) is 6.17. The molecule has 53 valence electrons. The zero-order chi connectivity index (χ0) is 6.62. The van der Waals surface area contributed by atoms with E-state index in [1.54, 1.807) is 0 Å². The Morgan fingerprint density at radius 1 is 1.00 bits per heavy atom. The molecule has 0 amide bonds. The van der Waals surface area contributed by atoms with Gasteiger partial charge in [-0.1, -0.05) is 20.8 Å². The Morgan fingerprint density at radius 2 is 1.22 bits per heavy atom. The third-order valence-electron chi connectivity index (χ3n) is 2.11. The number of nitrogens with two attached hydrogens (primary N) is 1. The van der Waals surface area contributed by atoms with Gasteiger partial charge in [0.05, 0.1) is 0 Å². The highest BCUT2D eigenvalue weighted by atomic mass is 28.3. The lowest BCUT2D eigenvalue weighted by atomic mass is 10.8. The Morgan fingerprint density at radius 3 is 1.22 bits per heavy atom. The van der Waals surface area contributed by atoms with Crippen LogP contribution in [0.2, 0.25) is 18.1 Å². The van der Waals surface area contributed by atoms with Gasteiger partial charge in [0.2, 0.25) is 0 Å². The van der Waals surface area contributed by atoms with Crippen LogP contribution in [0.25, 0.3) is 0 Å². The summed E-state index contributed by atoms with van der Waals surface area (Å²) in [5.74, 6) is 0. The van der Waals surface area contributed by atoms with Gasteiger partial charge in [0.1, 0.15) is 8.24 Å². The Bertz CT molecular complexity index is 55.8. The van der Waals surface area contributed by atoms with Crippen LogP contribution in [0.1, 0.15) is 20.8 Å². The van der Waals surface area contributed by atoms with Crippen molar-refractivity contribution in [2.45, 2.75) is 38.9 Å². The molecule has 0 aliphatic rings. The van der Waals surface area contributed by atoms with E-state index < -0.39 is 8.24 Å². The van der Waals surface area contributed by atoms with Gasteiger partial charge in [-0.3, -0.25) is 0 Å². The molecule has 0 atom stereocenters. The van der Waals surface area contributed by atoms with Gasteiger partial charge in [-0.25, -0.2) is 0 Å².